The predicted molar refractivity (Wildman–Crippen MR) is 74.4 cm³/mol. The van der Waals surface area contributed by atoms with Crippen LogP contribution in [0.3, 0.4) is 0 Å². The third-order valence-corrected chi connectivity index (χ3v) is 3.76. The van der Waals surface area contributed by atoms with Crippen LogP contribution in [0.1, 0.15) is 31.9 Å². The van der Waals surface area contributed by atoms with Crippen molar-refractivity contribution in [1.29, 1.82) is 0 Å². The van der Waals surface area contributed by atoms with Gasteiger partial charge in [0.15, 0.2) is 0 Å². The molecule has 1 fully saturated rings. The molecule has 18 heavy (non-hydrogen) atoms. The average molecular weight is 248 g/mol. The molecule has 2 rings (SSSR count). The topological polar surface area (TPSA) is 38.5 Å². The Morgan fingerprint density at radius 1 is 1.33 bits per heavy atom. The van der Waals surface area contributed by atoms with Crippen LogP contribution in [0.5, 0.6) is 0 Å². The Balaban J connectivity index is 2.03. The highest BCUT2D eigenvalue weighted by atomic mass is 16.5. The number of hydrogen-bond donors (Lipinski definition) is 1. The predicted octanol–water partition coefficient (Wildman–Crippen LogP) is 2.19. The number of benzene rings is 1. The molecule has 3 nitrogen and oxygen atoms in total. The standard InChI is InChI=1S/C15H24N2O/c1-12-11-17(9-6-10-18-12)13(2)15(16)14-7-4-3-5-8-14/h3-5,7-8,12-13,15H,6,9-11,16H2,1-2H3. The van der Waals surface area contributed by atoms with Gasteiger partial charge in [0.2, 0.25) is 0 Å². The Morgan fingerprint density at radius 2 is 2.06 bits per heavy atom. The minimum Gasteiger partial charge on any atom is -0.377 e. The summed E-state index contributed by atoms with van der Waals surface area (Å²) < 4.78 is 5.69. The Hall–Kier alpha value is -0.900. The van der Waals surface area contributed by atoms with Crippen molar-refractivity contribution in [2.45, 2.75) is 38.5 Å². The third kappa shape index (κ3) is 3.31. The number of hydrogen-bond acceptors (Lipinski definition) is 3. The molecule has 0 aliphatic carbocycles. The van der Waals surface area contributed by atoms with Crippen molar-refractivity contribution in [1.82, 2.24) is 4.90 Å². The van der Waals surface area contributed by atoms with E-state index in [0.717, 1.165) is 26.1 Å². The number of ether oxygens (including phenoxy) is 1. The van der Waals surface area contributed by atoms with Crippen LogP contribution in [0.25, 0.3) is 0 Å². The first kappa shape index (κ1) is 13.5. The van der Waals surface area contributed by atoms with Crippen molar-refractivity contribution in [2.24, 2.45) is 5.73 Å². The van der Waals surface area contributed by atoms with Gasteiger partial charge in [-0.3, -0.25) is 4.90 Å². The highest BCUT2D eigenvalue weighted by Crippen LogP contribution is 2.20. The van der Waals surface area contributed by atoms with E-state index in [1.54, 1.807) is 0 Å². The Bertz CT molecular complexity index is 355. The van der Waals surface area contributed by atoms with E-state index in [4.69, 9.17) is 10.5 Å². The molecule has 1 aliphatic heterocycles. The molecule has 2 N–H and O–H groups in total. The molecular formula is C15H24N2O. The zero-order valence-corrected chi connectivity index (χ0v) is 11.4. The summed E-state index contributed by atoms with van der Waals surface area (Å²) in [6.07, 6.45) is 1.40. The monoisotopic (exact) mass is 248 g/mol. The van der Waals surface area contributed by atoms with Gasteiger partial charge in [0.25, 0.3) is 0 Å². The van der Waals surface area contributed by atoms with Crippen LogP contribution in [0.15, 0.2) is 30.3 Å². The van der Waals surface area contributed by atoms with Crippen LogP contribution < -0.4 is 5.73 Å². The summed E-state index contributed by atoms with van der Waals surface area (Å²) in [7, 11) is 0. The molecule has 0 spiro atoms. The van der Waals surface area contributed by atoms with Crippen molar-refractivity contribution in [2.75, 3.05) is 19.7 Å². The summed E-state index contributed by atoms with van der Waals surface area (Å²) in [5.41, 5.74) is 7.59. The van der Waals surface area contributed by atoms with Crippen LogP contribution in [0.2, 0.25) is 0 Å². The van der Waals surface area contributed by atoms with Gasteiger partial charge >= 0.3 is 0 Å². The van der Waals surface area contributed by atoms with Gasteiger partial charge in [-0.05, 0) is 25.8 Å². The molecule has 3 heteroatoms. The van der Waals surface area contributed by atoms with Crippen LogP contribution >= 0.6 is 0 Å². The van der Waals surface area contributed by atoms with Gasteiger partial charge in [-0.1, -0.05) is 30.3 Å². The molecular weight excluding hydrogens is 224 g/mol. The smallest absolute Gasteiger partial charge is 0.0674 e. The Morgan fingerprint density at radius 3 is 2.78 bits per heavy atom. The summed E-state index contributed by atoms with van der Waals surface area (Å²) in [5.74, 6) is 0. The zero-order valence-electron chi connectivity index (χ0n) is 11.4. The van der Waals surface area contributed by atoms with Crippen molar-refractivity contribution in [3.63, 3.8) is 0 Å². The van der Waals surface area contributed by atoms with Gasteiger partial charge in [0, 0.05) is 31.8 Å². The second-order valence-electron chi connectivity index (χ2n) is 5.21. The maximum atomic E-state index is 6.38. The van der Waals surface area contributed by atoms with Gasteiger partial charge in [0.1, 0.15) is 0 Å². The van der Waals surface area contributed by atoms with Crippen LogP contribution in [-0.2, 0) is 4.74 Å². The van der Waals surface area contributed by atoms with E-state index < -0.39 is 0 Å². The SMILES string of the molecule is CC1CN(C(C)C(N)c2ccccc2)CCCO1. The molecule has 1 aromatic rings. The first-order valence-corrected chi connectivity index (χ1v) is 6.84. The fourth-order valence-corrected chi connectivity index (χ4v) is 2.58. The fraction of sp³-hybridized carbons (Fsp3) is 0.600. The molecule has 100 valence electrons. The lowest BCUT2D eigenvalue weighted by Gasteiger charge is -2.33. The van der Waals surface area contributed by atoms with E-state index >= 15 is 0 Å². The van der Waals surface area contributed by atoms with Crippen molar-refractivity contribution in [3.8, 4) is 0 Å². The molecule has 3 unspecified atom stereocenters. The molecule has 0 bridgehead atoms. The van der Waals surface area contributed by atoms with Crippen LogP contribution in [-0.4, -0.2) is 36.7 Å². The summed E-state index contributed by atoms with van der Waals surface area (Å²) in [6.45, 7) is 7.27. The second-order valence-corrected chi connectivity index (χ2v) is 5.21. The van der Waals surface area contributed by atoms with E-state index in [1.807, 2.05) is 6.07 Å². The lowest BCUT2D eigenvalue weighted by atomic mass is 10.00. The molecule has 1 aliphatic rings. The number of nitrogens with zero attached hydrogens (tertiary/aromatic N) is 1. The van der Waals surface area contributed by atoms with Gasteiger partial charge in [-0.2, -0.15) is 0 Å². The van der Waals surface area contributed by atoms with E-state index in [0.29, 0.717) is 12.1 Å². The van der Waals surface area contributed by atoms with Crippen molar-refractivity contribution < 1.29 is 4.74 Å². The zero-order chi connectivity index (χ0) is 13.0. The highest BCUT2D eigenvalue weighted by Gasteiger charge is 2.24. The molecule has 1 heterocycles. The first-order chi connectivity index (χ1) is 8.68. The van der Waals surface area contributed by atoms with Crippen LogP contribution in [0, 0.1) is 0 Å². The largest absolute Gasteiger partial charge is 0.377 e. The summed E-state index contributed by atoms with van der Waals surface area (Å²) in [4.78, 5) is 2.45. The third-order valence-electron chi connectivity index (χ3n) is 3.76. The summed E-state index contributed by atoms with van der Waals surface area (Å²) in [6, 6.07) is 10.8. The van der Waals surface area contributed by atoms with Gasteiger partial charge in [-0.25, -0.2) is 0 Å². The lowest BCUT2D eigenvalue weighted by Crippen LogP contribution is -2.43. The minimum atomic E-state index is 0.0662. The number of rotatable bonds is 3. The van der Waals surface area contributed by atoms with Gasteiger partial charge < -0.3 is 10.5 Å². The Kier molecular flexibility index (Phi) is 4.75. The molecule has 0 saturated carbocycles. The molecule has 3 atom stereocenters. The summed E-state index contributed by atoms with van der Waals surface area (Å²) in [5, 5.41) is 0. The van der Waals surface area contributed by atoms with E-state index in [-0.39, 0.29) is 6.04 Å². The fourth-order valence-electron chi connectivity index (χ4n) is 2.58. The quantitative estimate of drug-likeness (QED) is 0.891. The van der Waals surface area contributed by atoms with Gasteiger partial charge in [-0.15, -0.1) is 0 Å². The van der Waals surface area contributed by atoms with E-state index in [2.05, 4.69) is 43.0 Å². The molecule has 0 aromatic heterocycles. The van der Waals surface area contributed by atoms with Crippen LogP contribution in [0.4, 0.5) is 0 Å². The van der Waals surface area contributed by atoms with E-state index in [9.17, 15) is 0 Å². The first-order valence-electron chi connectivity index (χ1n) is 6.84. The Labute approximate surface area is 110 Å². The molecule has 1 aromatic carbocycles. The van der Waals surface area contributed by atoms with Gasteiger partial charge in [0.05, 0.1) is 6.10 Å². The molecule has 1 saturated heterocycles. The maximum absolute atomic E-state index is 6.38. The maximum Gasteiger partial charge on any atom is 0.0674 e. The number of nitrogens with two attached hydrogens (primary N) is 1. The minimum absolute atomic E-state index is 0.0662. The van der Waals surface area contributed by atoms with Crippen molar-refractivity contribution >= 4 is 0 Å². The van der Waals surface area contributed by atoms with Crippen molar-refractivity contribution in [3.05, 3.63) is 35.9 Å². The second kappa shape index (κ2) is 6.32. The normalized spacial score (nSPS) is 25.4. The molecule has 0 amide bonds. The van der Waals surface area contributed by atoms with E-state index in [1.165, 1.54) is 5.56 Å². The average Bonchev–Trinajstić information content (AvgIpc) is 2.63. The highest BCUT2D eigenvalue weighted by molar-refractivity contribution is 5.19. The molecule has 0 radical (unpaired) electrons. The lowest BCUT2D eigenvalue weighted by molar-refractivity contribution is 0.0597. The summed E-state index contributed by atoms with van der Waals surface area (Å²) >= 11 is 0.